The number of carbonyl (C=O) groups is 3. The number of carboxylic acids is 1. The van der Waals surface area contributed by atoms with Crippen molar-refractivity contribution < 1.29 is 38.8 Å². The third kappa shape index (κ3) is 8.57. The molecule has 0 spiro atoms. The number of aromatic nitrogens is 1. The molecule has 1 heterocycles. The molecule has 14 heteroatoms. The number of hydrogen-bond donors (Lipinski definition) is 6. The first-order valence-corrected chi connectivity index (χ1v) is 11.1. The third-order valence-corrected chi connectivity index (χ3v) is 5.47. The van der Waals surface area contributed by atoms with E-state index in [4.69, 9.17) is 15.6 Å². The van der Waals surface area contributed by atoms with E-state index in [1.807, 2.05) is 0 Å². The minimum atomic E-state index is -1.20. The van der Waals surface area contributed by atoms with Gasteiger partial charge in [0, 0.05) is 16.6 Å². The Morgan fingerprint density at radius 1 is 1.27 bits per heavy atom. The molecular formula is C19H22BrFN4O7S. The summed E-state index contributed by atoms with van der Waals surface area (Å²) in [6, 6.07) is 3.66. The number of primary amides is 1. The van der Waals surface area contributed by atoms with Crippen molar-refractivity contribution in [3.8, 4) is 5.88 Å². The number of aliphatic hydroxyl groups is 2. The van der Waals surface area contributed by atoms with Gasteiger partial charge in [-0.25, -0.2) is 9.18 Å². The molecular weight excluding hydrogens is 527 g/mol. The maximum Gasteiger partial charge on any atom is 0.319 e. The number of amides is 3. The number of urea groups is 1. The van der Waals surface area contributed by atoms with E-state index in [1.54, 1.807) is 6.07 Å². The van der Waals surface area contributed by atoms with Gasteiger partial charge in [0.25, 0.3) is 5.91 Å². The third-order valence-electron chi connectivity index (χ3n) is 4.23. The summed E-state index contributed by atoms with van der Waals surface area (Å²) >= 11 is 3.89. The minimum absolute atomic E-state index is 0.00367. The van der Waals surface area contributed by atoms with Crippen LogP contribution in [0.2, 0.25) is 0 Å². The molecule has 0 saturated heterocycles. The van der Waals surface area contributed by atoms with Crippen LogP contribution < -0.4 is 21.1 Å². The SMILES string of the molecule is NC(=O)c1c(OCc2ccc(Br)cc2F)nsc1NC(=O)NCCC(O)CC(O)CC(=O)O. The number of aliphatic carboxylic acids is 1. The molecule has 2 aromatic rings. The van der Waals surface area contributed by atoms with Crippen molar-refractivity contribution in [1.82, 2.24) is 9.69 Å². The van der Waals surface area contributed by atoms with E-state index in [-0.39, 0.29) is 48.0 Å². The zero-order chi connectivity index (χ0) is 24.5. The van der Waals surface area contributed by atoms with Crippen molar-refractivity contribution >= 4 is 50.4 Å². The molecule has 33 heavy (non-hydrogen) atoms. The predicted octanol–water partition coefficient (Wildman–Crippen LogP) is 1.82. The highest BCUT2D eigenvalue weighted by atomic mass is 79.9. The average Bonchev–Trinajstić information content (AvgIpc) is 3.09. The molecule has 0 radical (unpaired) electrons. The number of benzene rings is 1. The van der Waals surface area contributed by atoms with E-state index in [0.717, 1.165) is 11.5 Å². The second-order valence-electron chi connectivity index (χ2n) is 6.89. The fourth-order valence-corrected chi connectivity index (χ4v) is 3.75. The molecule has 0 aliphatic heterocycles. The van der Waals surface area contributed by atoms with Gasteiger partial charge in [-0.3, -0.25) is 14.9 Å². The standard InChI is InChI=1S/C19H22BrFN4O7S/c20-10-2-1-9(13(21)5-10)8-32-17-15(16(22)30)18(33-25-17)24-19(31)23-4-3-11(26)6-12(27)7-14(28)29/h1-2,5,11-12,26-27H,3-4,6-8H2,(H2,22,30)(H,28,29)(H2,23,24,31). The van der Waals surface area contributed by atoms with Crippen LogP contribution in [0.3, 0.4) is 0 Å². The van der Waals surface area contributed by atoms with Crippen molar-refractivity contribution in [2.45, 2.75) is 38.1 Å². The lowest BCUT2D eigenvalue weighted by molar-refractivity contribution is -0.139. The van der Waals surface area contributed by atoms with Gasteiger partial charge in [0.1, 0.15) is 23.0 Å². The summed E-state index contributed by atoms with van der Waals surface area (Å²) in [4.78, 5) is 34.5. The van der Waals surface area contributed by atoms with Crippen LogP contribution in [-0.4, -0.2) is 56.4 Å². The molecule has 0 bridgehead atoms. The Morgan fingerprint density at radius 2 is 2.00 bits per heavy atom. The molecule has 1 aromatic carbocycles. The molecule has 2 atom stereocenters. The number of halogens is 2. The maximum atomic E-state index is 13.9. The van der Waals surface area contributed by atoms with Crippen LogP contribution in [0, 0.1) is 5.82 Å². The highest BCUT2D eigenvalue weighted by Gasteiger charge is 2.22. The van der Waals surface area contributed by atoms with Crippen LogP contribution in [0.15, 0.2) is 22.7 Å². The van der Waals surface area contributed by atoms with Crippen molar-refractivity contribution in [2.24, 2.45) is 5.73 Å². The van der Waals surface area contributed by atoms with E-state index in [2.05, 4.69) is 30.9 Å². The fraction of sp³-hybridized carbons (Fsp3) is 0.368. The number of carbonyl (C=O) groups excluding carboxylic acids is 2. The van der Waals surface area contributed by atoms with Gasteiger partial charge in [-0.1, -0.05) is 22.0 Å². The normalized spacial score (nSPS) is 12.6. The van der Waals surface area contributed by atoms with Crippen LogP contribution in [0.1, 0.15) is 35.2 Å². The summed E-state index contributed by atoms with van der Waals surface area (Å²) < 4.78 is 23.9. The fourth-order valence-electron chi connectivity index (χ4n) is 2.68. The van der Waals surface area contributed by atoms with E-state index in [1.165, 1.54) is 12.1 Å². The number of nitrogens with two attached hydrogens (primary N) is 1. The van der Waals surface area contributed by atoms with E-state index in [0.29, 0.717) is 4.47 Å². The molecule has 0 aliphatic rings. The largest absolute Gasteiger partial charge is 0.481 e. The van der Waals surface area contributed by atoms with Crippen LogP contribution >= 0.6 is 27.5 Å². The molecule has 0 aliphatic carbocycles. The van der Waals surface area contributed by atoms with Crippen LogP contribution in [0.25, 0.3) is 0 Å². The molecule has 2 rings (SSSR count). The van der Waals surface area contributed by atoms with Crippen molar-refractivity contribution in [3.63, 3.8) is 0 Å². The maximum absolute atomic E-state index is 13.9. The Bertz CT molecular complexity index is 1010. The van der Waals surface area contributed by atoms with Crippen LogP contribution in [-0.2, 0) is 11.4 Å². The number of nitrogens with zero attached hydrogens (tertiary/aromatic N) is 1. The molecule has 2 unspecified atom stereocenters. The molecule has 3 amide bonds. The molecule has 7 N–H and O–H groups in total. The average molecular weight is 549 g/mol. The van der Waals surface area contributed by atoms with Gasteiger partial charge < -0.3 is 31.1 Å². The summed E-state index contributed by atoms with van der Waals surface area (Å²) in [5, 5.41) is 32.8. The molecule has 11 nitrogen and oxygen atoms in total. The van der Waals surface area contributed by atoms with Gasteiger partial charge in [-0.05, 0) is 36.5 Å². The second kappa shape index (κ2) is 12.4. The van der Waals surface area contributed by atoms with Gasteiger partial charge in [-0.2, -0.15) is 4.37 Å². The Hall–Kier alpha value is -2.81. The lowest BCUT2D eigenvalue weighted by atomic mass is 10.1. The summed E-state index contributed by atoms with van der Waals surface area (Å²) in [5.41, 5.74) is 5.42. The zero-order valence-corrected chi connectivity index (χ0v) is 19.5. The highest BCUT2D eigenvalue weighted by molar-refractivity contribution is 9.10. The summed E-state index contributed by atoms with van der Waals surface area (Å²) in [6.45, 7) is -0.218. The van der Waals surface area contributed by atoms with Crippen LogP contribution in [0.5, 0.6) is 5.88 Å². The first-order valence-electron chi connectivity index (χ1n) is 9.55. The smallest absolute Gasteiger partial charge is 0.319 e. The van der Waals surface area contributed by atoms with E-state index < -0.39 is 42.4 Å². The summed E-state index contributed by atoms with van der Waals surface area (Å²) in [7, 11) is 0. The van der Waals surface area contributed by atoms with E-state index >= 15 is 0 Å². The van der Waals surface area contributed by atoms with Crippen LogP contribution in [0.4, 0.5) is 14.2 Å². The Kier molecular flexibility index (Phi) is 9.96. The van der Waals surface area contributed by atoms with Crippen molar-refractivity contribution in [1.29, 1.82) is 0 Å². The zero-order valence-electron chi connectivity index (χ0n) is 17.1. The number of nitrogens with one attached hydrogen (secondary N) is 2. The number of ether oxygens (including phenoxy) is 1. The first-order chi connectivity index (χ1) is 15.6. The Morgan fingerprint density at radius 3 is 2.64 bits per heavy atom. The number of anilines is 1. The Labute approximate surface area is 200 Å². The monoisotopic (exact) mass is 548 g/mol. The molecule has 180 valence electrons. The van der Waals surface area contributed by atoms with Gasteiger partial charge in [0.15, 0.2) is 0 Å². The molecule has 0 saturated carbocycles. The number of rotatable bonds is 12. The summed E-state index contributed by atoms with van der Waals surface area (Å²) in [5.74, 6) is -2.77. The van der Waals surface area contributed by atoms with Gasteiger partial charge in [0.2, 0.25) is 5.88 Å². The van der Waals surface area contributed by atoms with Crippen molar-refractivity contribution in [3.05, 3.63) is 39.6 Å². The Balaban J connectivity index is 1.89. The quantitative estimate of drug-likeness (QED) is 0.232. The summed E-state index contributed by atoms with van der Waals surface area (Å²) in [6.07, 6.45) is -2.82. The van der Waals surface area contributed by atoms with Gasteiger partial charge in [0.05, 0.1) is 18.6 Å². The first kappa shape index (κ1) is 26.4. The second-order valence-corrected chi connectivity index (χ2v) is 8.58. The molecule has 1 aromatic heterocycles. The number of carboxylic acid groups (broad SMARTS) is 1. The lowest BCUT2D eigenvalue weighted by Crippen LogP contribution is -2.32. The highest BCUT2D eigenvalue weighted by Crippen LogP contribution is 2.31. The van der Waals surface area contributed by atoms with E-state index in [9.17, 15) is 29.0 Å². The molecule has 0 fully saturated rings. The lowest BCUT2D eigenvalue weighted by Gasteiger charge is -2.14. The van der Waals surface area contributed by atoms with Gasteiger partial charge in [-0.15, -0.1) is 0 Å². The number of aliphatic hydroxyl groups excluding tert-OH is 2. The number of hydrogen-bond acceptors (Lipinski definition) is 8. The predicted molar refractivity (Wildman–Crippen MR) is 120 cm³/mol. The minimum Gasteiger partial charge on any atom is -0.481 e. The van der Waals surface area contributed by atoms with Gasteiger partial charge >= 0.3 is 12.0 Å². The topological polar surface area (TPSA) is 184 Å². The van der Waals surface area contributed by atoms with Crippen molar-refractivity contribution in [2.75, 3.05) is 11.9 Å².